The van der Waals surface area contributed by atoms with Crippen molar-refractivity contribution in [3.8, 4) is 0 Å². The zero-order chi connectivity index (χ0) is 82.1. The first-order valence-electron chi connectivity index (χ1n) is 38.1. The maximum Gasteiger partial charge on any atom is 0.170 e. The molecule has 0 radical (unpaired) electrons. The average Bonchev–Trinajstić information content (AvgIpc) is 1.85. The first kappa shape index (κ1) is 84.9. The van der Waals surface area contributed by atoms with Crippen LogP contribution < -0.4 is 0 Å². The van der Waals surface area contributed by atoms with Crippen molar-refractivity contribution in [3.63, 3.8) is 0 Å². The molecule has 1 aliphatic rings. The Morgan fingerprint density at radius 3 is 1.05 bits per heavy atom. The summed E-state index contributed by atoms with van der Waals surface area (Å²) in [5.74, 6) is -1.13. The van der Waals surface area contributed by atoms with Gasteiger partial charge >= 0.3 is 0 Å². The summed E-state index contributed by atoms with van der Waals surface area (Å²) < 4.78 is 67.7. The summed E-state index contributed by atoms with van der Waals surface area (Å²) in [6.45, 7) is 52.4. The number of hydrogen-bond donors (Lipinski definition) is 0. The van der Waals surface area contributed by atoms with Crippen LogP contribution in [0.15, 0.2) is 109 Å². The van der Waals surface area contributed by atoms with Gasteiger partial charge in [-0.2, -0.15) is 35.7 Å². The van der Waals surface area contributed by atoms with Gasteiger partial charge in [-0.3, -0.25) is 32.8 Å². The third-order valence-electron chi connectivity index (χ3n) is 19.9. The molecule has 14 aromatic rings. The lowest BCUT2D eigenvalue weighted by molar-refractivity contribution is 0.512. The molecule has 1 fully saturated rings. The van der Waals surface area contributed by atoms with Gasteiger partial charge in [0.05, 0.1) is 89.2 Å². The van der Waals surface area contributed by atoms with Crippen molar-refractivity contribution in [2.45, 2.75) is 230 Å². The largest absolute Gasteiger partial charge is 0.268 e. The number of fused-ring (bicyclic) bond motifs is 7. The van der Waals surface area contributed by atoms with E-state index in [2.05, 4.69) is 224 Å². The van der Waals surface area contributed by atoms with Gasteiger partial charge in [0.2, 0.25) is 0 Å². The van der Waals surface area contributed by atoms with Gasteiger partial charge in [0.25, 0.3) is 0 Å². The summed E-state index contributed by atoms with van der Waals surface area (Å²) in [5, 5.41) is 39.4. The molecule has 15 rings (SSSR count). The van der Waals surface area contributed by atoms with E-state index in [-0.39, 0.29) is 54.9 Å². The highest BCUT2D eigenvalue weighted by molar-refractivity contribution is 6.31. The van der Waals surface area contributed by atoms with Crippen molar-refractivity contribution >= 4 is 87.9 Å². The van der Waals surface area contributed by atoms with E-state index in [1.165, 1.54) is 79.3 Å². The van der Waals surface area contributed by atoms with Gasteiger partial charge < -0.3 is 0 Å². The van der Waals surface area contributed by atoms with E-state index in [9.17, 15) is 17.6 Å². The van der Waals surface area contributed by atoms with Gasteiger partial charge in [-0.15, -0.1) is 0 Å². The highest BCUT2D eigenvalue weighted by atomic mass is 35.5. The third kappa shape index (κ3) is 18.6. The number of benzene rings is 7. The standard InChI is InChI=1S/C15H20N2.2C13H17FN2.2C13H18N2.C12H15ClN2.C12H14F2N2/c1-15(2,3)14-12-9-11(10-5-6-10)7-8-13(12)17(4)16-14;1-8-6-11-9(7-10(8)14)12(13(2,3)4)15-16(11)5;1-8-6-7-9-10(11(8)14)12(13(2,3)4)15-16(9)5;1-9-6-7-11-10(8-9)12(13(2,3)4)14-15(11)5;1-9-6-7-10-11(8-9)15(5)14-12(10)13(2,3)4;1-12(2,3)11-9-7-8(13)5-6-10(9)15(4)14-11;1-12(2,3)11-9-8(16(4)15-11)6-5-7(13)10(9)14/h7-10H,5-6H2,1-4H3;2*6-7H,1-5H3;2*6-8H,1-5H3;5-7H,1-4H3;5-6H,1-4H3. The Bertz CT molecular complexity index is 5490. The molecule has 1 saturated carbocycles. The van der Waals surface area contributed by atoms with E-state index in [1.807, 2.05) is 117 Å². The molecule has 0 unspecified atom stereocenters. The SMILES string of the molecule is Cc1cc2c(cc1F)c(C(C)(C)C)nn2C.Cc1ccc2c(C(C)(C)C)nn(C)c2c1.Cc1ccc2c(c(C(C)(C)C)nn2C)c1F.Cc1ccc2c(c1)c(C(C)(C)C)nn2C.Cn1nc(C(C)(C)C)c2c(F)c(F)ccc21.Cn1nc(C(C)(C)C)c2cc(C3CC3)ccc21.Cn1nc(C(C)(C)C)c2cc(Cl)ccc21. The quantitative estimate of drug-likeness (QED) is 0.150. The molecule has 0 N–H and O–H groups in total. The van der Waals surface area contributed by atoms with Gasteiger partial charge in [0.1, 0.15) is 11.6 Å². The fourth-order valence-corrected chi connectivity index (χ4v) is 14.0. The summed E-state index contributed by atoms with van der Waals surface area (Å²) in [7, 11) is 13.5. The first-order valence-corrected chi connectivity index (χ1v) is 38.5. The number of nitrogens with zero attached hydrogens (tertiary/aromatic N) is 14. The number of halogens is 5. The first-order chi connectivity index (χ1) is 50.6. The highest BCUT2D eigenvalue weighted by Crippen LogP contribution is 2.43. The molecule has 0 aliphatic heterocycles. The second-order valence-electron chi connectivity index (χ2n) is 37.3. The molecule has 7 aromatic heterocycles. The van der Waals surface area contributed by atoms with Crippen LogP contribution in [0.25, 0.3) is 76.3 Å². The molecule has 0 spiro atoms. The van der Waals surface area contributed by atoms with Crippen LogP contribution in [0.3, 0.4) is 0 Å². The predicted molar refractivity (Wildman–Crippen MR) is 452 cm³/mol. The minimum absolute atomic E-state index is 0.0458. The Kier molecular flexibility index (Phi) is 24.1. The molecule has 7 aromatic carbocycles. The molecule has 1 aliphatic carbocycles. The molecular weight excluding hydrogens is 1400 g/mol. The molecule has 0 bridgehead atoms. The molecule has 588 valence electrons. The average molecular weight is 1520 g/mol. The molecule has 110 heavy (non-hydrogen) atoms. The Balaban J connectivity index is 0.000000148. The fourth-order valence-electron chi connectivity index (χ4n) is 13.8. The van der Waals surface area contributed by atoms with Crippen LogP contribution in [0.5, 0.6) is 0 Å². The molecule has 7 heterocycles. The Morgan fingerprint density at radius 2 is 0.609 bits per heavy atom. The fraction of sp³-hybridized carbons (Fsp3) is 0.462. The van der Waals surface area contributed by atoms with Crippen LogP contribution in [0.4, 0.5) is 17.6 Å². The van der Waals surface area contributed by atoms with E-state index < -0.39 is 11.6 Å². The second kappa shape index (κ2) is 31.2. The van der Waals surface area contributed by atoms with Crippen molar-refractivity contribution in [1.29, 1.82) is 0 Å². The normalized spacial score (nSPS) is 13.0. The maximum absolute atomic E-state index is 14.1. The van der Waals surface area contributed by atoms with Crippen LogP contribution in [0.2, 0.25) is 5.02 Å². The van der Waals surface area contributed by atoms with Crippen LogP contribution >= 0.6 is 11.6 Å². The number of hydrogen-bond acceptors (Lipinski definition) is 7. The minimum atomic E-state index is -0.828. The Morgan fingerprint density at radius 1 is 0.291 bits per heavy atom. The van der Waals surface area contributed by atoms with E-state index in [1.54, 1.807) is 48.5 Å². The summed E-state index contributed by atoms with van der Waals surface area (Å²) in [6, 6.07) is 35.7. The third-order valence-corrected chi connectivity index (χ3v) is 20.1. The predicted octanol–water partition coefficient (Wildman–Crippen LogP) is 23.4. The molecule has 14 nitrogen and oxygen atoms in total. The van der Waals surface area contributed by atoms with E-state index >= 15 is 0 Å². The van der Waals surface area contributed by atoms with Crippen LogP contribution in [0.1, 0.15) is 232 Å². The van der Waals surface area contributed by atoms with Crippen molar-refractivity contribution < 1.29 is 17.6 Å². The van der Waals surface area contributed by atoms with E-state index in [0.29, 0.717) is 27.7 Å². The summed E-state index contributed by atoms with van der Waals surface area (Å²) >= 11 is 6.01. The van der Waals surface area contributed by atoms with Crippen LogP contribution in [-0.2, 0) is 87.2 Å². The minimum Gasteiger partial charge on any atom is -0.268 e. The van der Waals surface area contributed by atoms with Gasteiger partial charge in [0, 0.05) is 119 Å². The zero-order valence-corrected chi connectivity index (χ0v) is 72.3. The van der Waals surface area contributed by atoms with E-state index in [4.69, 9.17) is 16.7 Å². The second-order valence-corrected chi connectivity index (χ2v) is 37.7. The summed E-state index contributed by atoms with van der Waals surface area (Å²) in [5.41, 5.74) is 19.6. The number of aryl methyl sites for hydroxylation is 11. The lowest BCUT2D eigenvalue weighted by Crippen LogP contribution is -2.13. The van der Waals surface area contributed by atoms with Crippen LogP contribution in [-0.4, -0.2) is 68.5 Å². The van der Waals surface area contributed by atoms with Crippen molar-refractivity contribution in [1.82, 2.24) is 68.5 Å². The van der Waals surface area contributed by atoms with Crippen molar-refractivity contribution in [2.24, 2.45) is 49.3 Å². The molecule has 0 atom stereocenters. The molecule has 0 saturated heterocycles. The molecule has 19 heteroatoms. The smallest absolute Gasteiger partial charge is 0.170 e. The zero-order valence-electron chi connectivity index (χ0n) is 71.5. The van der Waals surface area contributed by atoms with Gasteiger partial charge in [-0.05, 0) is 148 Å². The monoisotopic (exact) mass is 1520 g/mol. The molecule has 0 amide bonds. The topological polar surface area (TPSA) is 125 Å². The lowest BCUT2D eigenvalue weighted by Gasteiger charge is -2.15. The van der Waals surface area contributed by atoms with Crippen molar-refractivity contribution in [2.75, 3.05) is 0 Å². The number of rotatable bonds is 1. The van der Waals surface area contributed by atoms with E-state index in [0.717, 1.165) is 61.4 Å². The Hall–Kier alpha value is -9.16. The summed E-state index contributed by atoms with van der Waals surface area (Å²) in [6.07, 6.45) is 2.72. The summed E-state index contributed by atoms with van der Waals surface area (Å²) in [4.78, 5) is 0. The lowest BCUT2D eigenvalue weighted by atomic mass is 9.89. The molecular formula is C91H119ClF4N14. The van der Waals surface area contributed by atoms with Gasteiger partial charge in [-0.1, -0.05) is 193 Å². The van der Waals surface area contributed by atoms with Gasteiger partial charge in [0.15, 0.2) is 11.6 Å². The Labute approximate surface area is 654 Å². The van der Waals surface area contributed by atoms with Crippen molar-refractivity contribution in [3.05, 3.63) is 205 Å². The van der Waals surface area contributed by atoms with Gasteiger partial charge in [-0.25, -0.2) is 17.6 Å². The van der Waals surface area contributed by atoms with Crippen LogP contribution in [0, 0.1) is 51.0 Å². The highest BCUT2D eigenvalue weighted by Gasteiger charge is 2.31. The maximum atomic E-state index is 14.1. The number of aromatic nitrogens is 14.